The molecule has 0 radical (unpaired) electrons. The van der Waals surface area contributed by atoms with E-state index in [0.717, 1.165) is 17.8 Å². The molecular formula is C25H35F3. The van der Waals surface area contributed by atoms with Crippen molar-refractivity contribution in [3.8, 4) is 0 Å². The second kappa shape index (κ2) is 9.98. The lowest BCUT2D eigenvalue weighted by Gasteiger charge is -2.36. The van der Waals surface area contributed by atoms with Crippen LogP contribution in [0.15, 0.2) is 24.3 Å². The van der Waals surface area contributed by atoms with Gasteiger partial charge in [0.1, 0.15) is 5.82 Å². The minimum Gasteiger partial charge on any atom is -0.206 e. The van der Waals surface area contributed by atoms with E-state index in [4.69, 9.17) is 0 Å². The fourth-order valence-electron chi connectivity index (χ4n) is 5.29. The van der Waals surface area contributed by atoms with Gasteiger partial charge in [0.25, 0.3) is 6.43 Å². The Labute approximate surface area is 168 Å². The van der Waals surface area contributed by atoms with Crippen LogP contribution in [0.25, 0.3) is 0 Å². The molecule has 0 N–H and O–H groups in total. The number of aryl methyl sites for hydroxylation is 2. The topological polar surface area (TPSA) is 0 Å². The van der Waals surface area contributed by atoms with Crippen molar-refractivity contribution in [3.63, 3.8) is 0 Å². The van der Waals surface area contributed by atoms with Gasteiger partial charge < -0.3 is 0 Å². The predicted molar refractivity (Wildman–Crippen MR) is 110 cm³/mol. The van der Waals surface area contributed by atoms with Gasteiger partial charge in [-0.2, -0.15) is 0 Å². The Hall–Kier alpha value is -1.25. The molecule has 0 amide bonds. The standard InChI is InChI=1S/C25H35F3/c1-17-7-12-20(13-8-17)21-15-10-19(11-16-21)5-3-4-6-22-14-9-18(2)23(24(22)26)25(27)28/h3,5,9,14,17,19-21,25H,4,6-8,10-13,15-16H2,1-2H3/b5-3+. The summed E-state index contributed by atoms with van der Waals surface area (Å²) in [5.41, 5.74) is 0.300. The summed E-state index contributed by atoms with van der Waals surface area (Å²) in [4.78, 5) is 0. The van der Waals surface area contributed by atoms with E-state index in [1.165, 1.54) is 51.4 Å². The van der Waals surface area contributed by atoms with Crippen LogP contribution in [0.2, 0.25) is 0 Å². The molecule has 0 nitrogen and oxygen atoms in total. The zero-order chi connectivity index (χ0) is 20.1. The summed E-state index contributed by atoms with van der Waals surface area (Å²) in [5.74, 6) is 2.72. The van der Waals surface area contributed by atoms with Crippen LogP contribution in [0, 0.1) is 36.4 Å². The molecule has 0 spiro atoms. The van der Waals surface area contributed by atoms with Crippen LogP contribution in [-0.2, 0) is 6.42 Å². The molecule has 2 aliphatic rings. The molecule has 156 valence electrons. The number of halogens is 3. The first kappa shape index (κ1) is 21.5. The van der Waals surface area contributed by atoms with E-state index in [-0.39, 0.29) is 0 Å². The van der Waals surface area contributed by atoms with Crippen molar-refractivity contribution in [3.05, 3.63) is 46.8 Å². The van der Waals surface area contributed by atoms with Crippen molar-refractivity contribution in [2.24, 2.45) is 23.7 Å². The van der Waals surface area contributed by atoms with E-state index in [1.54, 1.807) is 19.1 Å². The molecule has 0 unspecified atom stereocenters. The van der Waals surface area contributed by atoms with Crippen molar-refractivity contribution in [1.82, 2.24) is 0 Å². The third-order valence-electron chi connectivity index (χ3n) is 7.23. The number of benzene rings is 1. The Bertz CT molecular complexity index is 648. The first-order valence-corrected chi connectivity index (χ1v) is 11.2. The summed E-state index contributed by atoms with van der Waals surface area (Å²) in [7, 11) is 0. The Morgan fingerprint density at radius 1 is 0.964 bits per heavy atom. The second-order valence-electron chi connectivity index (χ2n) is 9.23. The van der Waals surface area contributed by atoms with Crippen LogP contribution >= 0.6 is 0 Å². The van der Waals surface area contributed by atoms with E-state index >= 15 is 0 Å². The summed E-state index contributed by atoms with van der Waals surface area (Å²) < 4.78 is 40.4. The zero-order valence-corrected chi connectivity index (χ0v) is 17.4. The van der Waals surface area contributed by atoms with Crippen LogP contribution in [0.4, 0.5) is 13.2 Å². The first-order valence-electron chi connectivity index (χ1n) is 11.2. The third-order valence-corrected chi connectivity index (χ3v) is 7.23. The molecule has 2 aliphatic carbocycles. The average Bonchev–Trinajstić information content (AvgIpc) is 2.67. The molecule has 2 fully saturated rings. The molecule has 0 atom stereocenters. The number of hydrogen-bond donors (Lipinski definition) is 0. The number of alkyl halides is 2. The normalized spacial score (nSPS) is 28.9. The van der Waals surface area contributed by atoms with Crippen molar-refractivity contribution < 1.29 is 13.2 Å². The van der Waals surface area contributed by atoms with Crippen LogP contribution in [0.1, 0.15) is 87.8 Å². The maximum absolute atomic E-state index is 14.3. The van der Waals surface area contributed by atoms with E-state index in [2.05, 4.69) is 19.1 Å². The summed E-state index contributed by atoms with van der Waals surface area (Å²) >= 11 is 0. The Kier molecular flexibility index (Phi) is 7.65. The second-order valence-corrected chi connectivity index (χ2v) is 9.23. The first-order chi connectivity index (χ1) is 13.5. The average molecular weight is 393 g/mol. The highest BCUT2D eigenvalue weighted by atomic mass is 19.3. The zero-order valence-electron chi connectivity index (χ0n) is 17.4. The van der Waals surface area contributed by atoms with Crippen molar-refractivity contribution in [2.45, 2.75) is 84.5 Å². The molecule has 0 saturated heterocycles. The third kappa shape index (κ3) is 5.42. The monoisotopic (exact) mass is 392 g/mol. The van der Waals surface area contributed by atoms with Gasteiger partial charge in [0.15, 0.2) is 0 Å². The smallest absolute Gasteiger partial charge is 0.206 e. The van der Waals surface area contributed by atoms with Gasteiger partial charge in [-0.25, -0.2) is 13.2 Å². The molecule has 0 heterocycles. The molecule has 3 rings (SSSR count). The van der Waals surface area contributed by atoms with Gasteiger partial charge in [-0.3, -0.25) is 0 Å². The molecule has 0 aliphatic heterocycles. The van der Waals surface area contributed by atoms with E-state index in [9.17, 15) is 13.2 Å². The molecule has 0 aromatic heterocycles. The summed E-state index contributed by atoms with van der Waals surface area (Å²) in [6.07, 6.45) is 13.8. The van der Waals surface area contributed by atoms with Gasteiger partial charge in [0.2, 0.25) is 0 Å². The Morgan fingerprint density at radius 2 is 1.57 bits per heavy atom. The lowest BCUT2D eigenvalue weighted by molar-refractivity contribution is 0.145. The van der Waals surface area contributed by atoms with Gasteiger partial charge in [-0.15, -0.1) is 0 Å². The lowest BCUT2D eigenvalue weighted by Crippen LogP contribution is -2.24. The molecule has 0 bridgehead atoms. The van der Waals surface area contributed by atoms with Crippen molar-refractivity contribution in [2.75, 3.05) is 0 Å². The fraction of sp³-hybridized carbons (Fsp3) is 0.680. The maximum Gasteiger partial charge on any atom is 0.266 e. The lowest BCUT2D eigenvalue weighted by atomic mass is 9.69. The van der Waals surface area contributed by atoms with Crippen molar-refractivity contribution >= 4 is 0 Å². The molecule has 1 aromatic rings. The maximum atomic E-state index is 14.3. The van der Waals surface area contributed by atoms with Crippen LogP contribution < -0.4 is 0 Å². The van der Waals surface area contributed by atoms with Gasteiger partial charge in [-0.05, 0) is 93.1 Å². The highest BCUT2D eigenvalue weighted by Crippen LogP contribution is 2.41. The van der Waals surface area contributed by atoms with Crippen LogP contribution in [0.3, 0.4) is 0 Å². The predicted octanol–water partition coefficient (Wildman–Crippen LogP) is 8.19. The minimum atomic E-state index is -2.75. The molecule has 3 heteroatoms. The fourth-order valence-corrected chi connectivity index (χ4v) is 5.29. The summed E-state index contributed by atoms with van der Waals surface area (Å²) in [5, 5.41) is 0. The van der Waals surface area contributed by atoms with E-state index in [0.29, 0.717) is 29.9 Å². The van der Waals surface area contributed by atoms with Gasteiger partial charge in [0, 0.05) is 0 Å². The molecule has 2 saturated carbocycles. The van der Waals surface area contributed by atoms with Gasteiger partial charge >= 0.3 is 0 Å². The van der Waals surface area contributed by atoms with E-state index < -0.39 is 17.8 Å². The van der Waals surface area contributed by atoms with Crippen molar-refractivity contribution in [1.29, 1.82) is 0 Å². The number of allylic oxidation sites excluding steroid dienone is 2. The van der Waals surface area contributed by atoms with Crippen LogP contribution in [0.5, 0.6) is 0 Å². The SMILES string of the molecule is Cc1ccc(CC/C=C/C2CCC(C3CCC(C)CC3)CC2)c(F)c1C(F)F. The Balaban J connectivity index is 1.43. The highest BCUT2D eigenvalue weighted by Gasteiger charge is 2.29. The van der Waals surface area contributed by atoms with E-state index in [1.807, 2.05) is 0 Å². The van der Waals surface area contributed by atoms with Crippen LogP contribution in [-0.4, -0.2) is 0 Å². The number of hydrogen-bond acceptors (Lipinski definition) is 0. The molecular weight excluding hydrogens is 357 g/mol. The summed E-state index contributed by atoms with van der Waals surface area (Å²) in [6, 6.07) is 3.26. The number of rotatable bonds is 6. The van der Waals surface area contributed by atoms with Gasteiger partial charge in [-0.1, -0.05) is 44.1 Å². The highest BCUT2D eigenvalue weighted by molar-refractivity contribution is 5.34. The minimum absolute atomic E-state index is 0.330. The largest absolute Gasteiger partial charge is 0.266 e. The molecule has 28 heavy (non-hydrogen) atoms. The molecule has 1 aromatic carbocycles. The van der Waals surface area contributed by atoms with Gasteiger partial charge in [0.05, 0.1) is 5.56 Å². The quantitative estimate of drug-likeness (QED) is 0.428. The summed E-state index contributed by atoms with van der Waals surface area (Å²) in [6.45, 7) is 3.92. The Morgan fingerprint density at radius 3 is 2.18 bits per heavy atom.